The standard InChI is InChI=1S/C10H19NO7/c1-5(13)11-6(2-3-8(15)16)9(17)10(18)7(14)4-12/h6-7,9-10,12,14,17-18H,2-4H2,1H3,(H,11,13)(H,15,16)/t6-,7+,9+,10+/m0/s1/i/hD. The van der Waals surface area contributed by atoms with Crippen LogP contribution in [-0.4, -0.2) is 68.4 Å². The lowest BCUT2D eigenvalue weighted by Crippen LogP contribution is -2.52. The topological polar surface area (TPSA) is 147 Å². The molecule has 4 atom stereocenters. The summed E-state index contributed by atoms with van der Waals surface area (Å²) in [6, 6.07) is -1.30. The third kappa shape index (κ3) is 5.92. The number of carbonyl (C=O) groups is 2. The maximum Gasteiger partial charge on any atom is 0.303 e. The molecule has 0 heterocycles. The van der Waals surface area contributed by atoms with Crippen molar-refractivity contribution in [1.82, 2.24) is 5.31 Å². The second-order valence-corrected chi connectivity index (χ2v) is 3.88. The van der Waals surface area contributed by atoms with E-state index in [2.05, 4.69) is 0 Å². The molecule has 0 aromatic heterocycles. The van der Waals surface area contributed by atoms with Crippen LogP contribution in [0.4, 0.5) is 0 Å². The molecule has 8 heteroatoms. The molecule has 6 N–H and O–H groups in total. The summed E-state index contributed by atoms with van der Waals surface area (Å²) in [6.45, 7) is 0.226. The van der Waals surface area contributed by atoms with Gasteiger partial charge in [0.05, 0.1) is 12.6 Å². The van der Waals surface area contributed by atoms with E-state index >= 15 is 0 Å². The van der Waals surface area contributed by atoms with Crippen LogP contribution in [-0.2, 0) is 9.59 Å². The van der Waals surface area contributed by atoms with Crippen molar-refractivity contribution >= 4 is 11.9 Å². The van der Waals surface area contributed by atoms with E-state index in [0.29, 0.717) is 5.31 Å². The molecule has 8 nitrogen and oxygen atoms in total. The fourth-order valence-electron chi connectivity index (χ4n) is 1.38. The highest BCUT2D eigenvalue weighted by Gasteiger charge is 2.31. The molecule has 1 amide bonds. The second kappa shape index (κ2) is 7.98. The summed E-state index contributed by atoms with van der Waals surface area (Å²) in [6.07, 6.45) is -5.89. The van der Waals surface area contributed by atoms with Crippen molar-refractivity contribution in [2.24, 2.45) is 0 Å². The van der Waals surface area contributed by atoms with Gasteiger partial charge in [0.2, 0.25) is 5.91 Å². The summed E-state index contributed by atoms with van der Waals surface area (Å²) in [4.78, 5) is 21.6. The van der Waals surface area contributed by atoms with Gasteiger partial charge in [0.15, 0.2) is 1.41 Å². The van der Waals surface area contributed by atoms with E-state index in [1.54, 1.807) is 0 Å². The molecule has 0 unspecified atom stereocenters. The van der Waals surface area contributed by atoms with E-state index in [9.17, 15) is 24.9 Å². The zero-order valence-electron chi connectivity index (χ0n) is 10.9. The van der Waals surface area contributed by atoms with Gasteiger partial charge in [-0.1, -0.05) is 0 Å². The zero-order chi connectivity index (χ0) is 15.2. The summed E-state index contributed by atoms with van der Waals surface area (Å²) in [5.74, 6) is -1.94. The van der Waals surface area contributed by atoms with Crippen LogP contribution in [0.3, 0.4) is 0 Å². The summed E-state index contributed by atoms with van der Waals surface area (Å²) in [5.41, 5.74) is 0. The molecule has 0 bridgehead atoms. The van der Waals surface area contributed by atoms with Crippen molar-refractivity contribution in [2.75, 3.05) is 6.61 Å². The molecule has 0 spiro atoms. The Labute approximate surface area is 105 Å². The number of hydrogen-bond acceptors (Lipinski definition) is 6. The summed E-state index contributed by atoms with van der Waals surface area (Å²) in [7, 11) is 0. The molecule has 0 aliphatic rings. The van der Waals surface area contributed by atoms with Crippen molar-refractivity contribution in [3.05, 3.63) is 0 Å². The molecular weight excluding hydrogens is 246 g/mol. The SMILES string of the molecule is [2H]N(C(C)=O)[C@@H](CCC(=O)O)[C@@H](O)[C@H](O)[C@H](O)CO. The zero-order valence-corrected chi connectivity index (χ0v) is 9.93. The minimum absolute atomic E-state index is 0.269. The van der Waals surface area contributed by atoms with Crippen molar-refractivity contribution in [3.8, 4) is 0 Å². The van der Waals surface area contributed by atoms with E-state index in [1.807, 2.05) is 0 Å². The first kappa shape index (κ1) is 14.8. The number of carboxylic acids is 1. The Kier molecular flexibility index (Phi) is 6.58. The third-order valence-electron chi connectivity index (χ3n) is 2.33. The van der Waals surface area contributed by atoms with Crippen LogP contribution >= 0.6 is 0 Å². The lowest BCUT2D eigenvalue weighted by Gasteiger charge is -2.29. The number of aliphatic hydroxyl groups excluding tert-OH is 4. The highest BCUT2D eigenvalue weighted by molar-refractivity contribution is 5.73. The minimum atomic E-state index is -1.80. The van der Waals surface area contributed by atoms with Gasteiger partial charge in [0.25, 0.3) is 0 Å². The molecule has 18 heavy (non-hydrogen) atoms. The summed E-state index contributed by atoms with van der Waals surface area (Å²) in [5, 5.41) is 46.1. The molecule has 0 saturated heterocycles. The predicted octanol–water partition coefficient (Wildman–Crippen LogP) is -2.57. The first-order chi connectivity index (χ1) is 8.72. The normalized spacial score (nSPS) is 18.4. The highest BCUT2D eigenvalue weighted by atomic mass is 16.4. The van der Waals surface area contributed by atoms with Gasteiger partial charge < -0.3 is 30.8 Å². The van der Waals surface area contributed by atoms with E-state index in [0.717, 1.165) is 6.92 Å². The molecule has 0 fully saturated rings. The molecule has 0 aliphatic carbocycles. The third-order valence-corrected chi connectivity index (χ3v) is 2.33. The van der Waals surface area contributed by atoms with Gasteiger partial charge in [-0.05, 0) is 6.42 Å². The molecule has 0 radical (unpaired) electrons. The Hall–Kier alpha value is -1.22. The quantitative estimate of drug-likeness (QED) is 0.283. The molecule has 106 valence electrons. The van der Waals surface area contributed by atoms with Gasteiger partial charge in [0.1, 0.15) is 18.3 Å². The van der Waals surface area contributed by atoms with Gasteiger partial charge in [-0.25, -0.2) is 0 Å². The Morgan fingerprint density at radius 3 is 2.22 bits per heavy atom. The molecule has 0 aromatic carbocycles. The van der Waals surface area contributed by atoms with Crippen molar-refractivity contribution in [1.29, 1.82) is 0 Å². The fourth-order valence-corrected chi connectivity index (χ4v) is 1.38. The van der Waals surface area contributed by atoms with Crippen molar-refractivity contribution < 1.29 is 36.5 Å². The number of hydrogen-bond donors (Lipinski definition) is 6. The Bertz CT molecular complexity index is 314. The number of carbonyl (C=O) groups excluding carboxylic acids is 1. The van der Waals surface area contributed by atoms with E-state index < -0.39 is 49.3 Å². The lowest BCUT2D eigenvalue weighted by molar-refractivity contribution is -0.138. The number of amides is 1. The number of aliphatic hydroxyl groups is 4. The first-order valence-corrected chi connectivity index (χ1v) is 5.37. The van der Waals surface area contributed by atoms with Crippen LogP contribution in [0.15, 0.2) is 0 Å². The van der Waals surface area contributed by atoms with Crippen LogP contribution in [0.25, 0.3) is 0 Å². The van der Waals surface area contributed by atoms with Gasteiger partial charge in [-0.15, -0.1) is 0 Å². The van der Waals surface area contributed by atoms with E-state index in [4.69, 9.17) is 11.6 Å². The van der Waals surface area contributed by atoms with E-state index in [1.165, 1.54) is 0 Å². The number of rotatable bonds is 8. The van der Waals surface area contributed by atoms with Crippen molar-refractivity contribution in [2.45, 2.75) is 44.1 Å². The van der Waals surface area contributed by atoms with Gasteiger partial charge >= 0.3 is 5.97 Å². The Morgan fingerprint density at radius 1 is 1.28 bits per heavy atom. The van der Waals surface area contributed by atoms with Gasteiger partial charge in [0, 0.05) is 13.3 Å². The second-order valence-electron chi connectivity index (χ2n) is 3.88. The Morgan fingerprint density at radius 2 is 1.83 bits per heavy atom. The molecule has 0 saturated carbocycles. The fraction of sp³-hybridized carbons (Fsp3) is 0.800. The molecular formula is C10H19NO7. The average molecular weight is 266 g/mol. The number of aliphatic carboxylic acids is 1. The van der Waals surface area contributed by atoms with Gasteiger partial charge in [-0.2, -0.15) is 0 Å². The van der Waals surface area contributed by atoms with Crippen LogP contribution in [0.2, 0.25) is 1.41 Å². The lowest BCUT2D eigenvalue weighted by atomic mass is 9.97. The Balaban J connectivity index is 4.89. The monoisotopic (exact) mass is 266 g/mol. The van der Waals surface area contributed by atoms with Crippen LogP contribution < -0.4 is 5.31 Å². The number of nitrogens with one attached hydrogen (secondary N) is 1. The van der Waals surface area contributed by atoms with Crippen molar-refractivity contribution in [3.63, 3.8) is 0 Å². The maximum absolute atomic E-state index is 11.1. The maximum atomic E-state index is 11.1. The van der Waals surface area contributed by atoms with Gasteiger partial charge in [-0.3, -0.25) is 9.59 Å². The predicted molar refractivity (Wildman–Crippen MR) is 59.6 cm³/mol. The number of carboxylic acid groups (broad SMARTS) is 1. The highest BCUT2D eigenvalue weighted by Crippen LogP contribution is 2.10. The van der Waals surface area contributed by atoms with E-state index in [-0.39, 0.29) is 6.42 Å². The minimum Gasteiger partial charge on any atom is -0.481 e. The average Bonchev–Trinajstić information content (AvgIpc) is 2.35. The van der Waals surface area contributed by atoms with Crippen LogP contribution in [0.5, 0.6) is 0 Å². The smallest absolute Gasteiger partial charge is 0.303 e. The largest absolute Gasteiger partial charge is 0.481 e. The summed E-state index contributed by atoms with van der Waals surface area (Å²) >= 11 is 0. The molecule has 0 aliphatic heterocycles. The van der Waals surface area contributed by atoms with Crippen LogP contribution in [0.1, 0.15) is 19.8 Å². The van der Waals surface area contributed by atoms with Crippen LogP contribution in [0, 0.1) is 0 Å². The first-order valence-electron chi connectivity index (χ1n) is 5.82. The summed E-state index contributed by atoms with van der Waals surface area (Å²) < 4.78 is 7.43. The molecule has 0 aromatic rings. The molecule has 0 rings (SSSR count).